The first-order valence-corrected chi connectivity index (χ1v) is 19.1. The molecule has 0 unspecified atom stereocenters. The molecule has 0 fully saturated rings. The second-order valence-corrected chi connectivity index (χ2v) is 19.1. The summed E-state index contributed by atoms with van der Waals surface area (Å²) in [5, 5.41) is 0. The van der Waals surface area contributed by atoms with Crippen LogP contribution in [-0.4, -0.2) is 9.97 Å². The average Bonchev–Trinajstić information content (AvgIpc) is 2.54. The normalized spacial score (nSPS) is 8.10. The van der Waals surface area contributed by atoms with Crippen molar-refractivity contribution in [3.63, 3.8) is 0 Å². The molecule has 0 aliphatic carbocycles. The van der Waals surface area contributed by atoms with E-state index in [0.29, 0.717) is 13.3 Å². The van der Waals surface area contributed by atoms with Gasteiger partial charge in [-0.15, -0.1) is 0 Å². The van der Waals surface area contributed by atoms with Crippen molar-refractivity contribution in [2.24, 2.45) is 0 Å². The Morgan fingerprint density at radius 2 is 1.15 bits per heavy atom. The third-order valence-corrected chi connectivity index (χ3v) is 1.81. The molecule has 2 aromatic heterocycles. The number of pyridine rings is 2. The molecule has 0 bridgehead atoms. The van der Waals surface area contributed by atoms with Gasteiger partial charge in [0, 0.05) is 30.2 Å². The van der Waals surface area contributed by atoms with Crippen molar-refractivity contribution >= 4 is 37.2 Å². The standard InChI is InChI=1S/C11H10N2.2C2H6.I3/c1-3-7-12-10(5-1)9-11-6-2-4-8-13-11;2*1-2;1-3-2/h1-8H,9H2;2*1-2H3;/q;;;-1. The van der Waals surface area contributed by atoms with E-state index in [2.05, 4.69) is 47.2 Å². The zero-order valence-electron chi connectivity index (χ0n) is 12.4. The molecule has 114 valence electrons. The zero-order valence-corrected chi connectivity index (χ0v) is 18.8. The molecule has 0 saturated heterocycles. The van der Waals surface area contributed by atoms with Crippen LogP contribution in [0.15, 0.2) is 48.8 Å². The van der Waals surface area contributed by atoms with Gasteiger partial charge in [-0.3, -0.25) is 9.97 Å². The summed E-state index contributed by atoms with van der Waals surface area (Å²) in [6.45, 7) is 8.00. The average molecular weight is 611 g/mol. The van der Waals surface area contributed by atoms with Crippen molar-refractivity contribution in [2.45, 2.75) is 34.1 Å². The van der Waals surface area contributed by atoms with E-state index in [4.69, 9.17) is 0 Å². The fraction of sp³-hybridized carbons (Fsp3) is 0.333. The van der Waals surface area contributed by atoms with Gasteiger partial charge in [-0.25, -0.2) is 0 Å². The quantitative estimate of drug-likeness (QED) is 0.489. The summed E-state index contributed by atoms with van der Waals surface area (Å²) in [6.07, 6.45) is 4.41. The molecule has 2 nitrogen and oxygen atoms in total. The van der Waals surface area contributed by atoms with Gasteiger partial charge in [-0.2, -0.15) is 0 Å². The number of hydrogen-bond donors (Lipinski definition) is 0. The third kappa shape index (κ3) is 13.5. The molecule has 2 aromatic rings. The predicted octanol–water partition coefficient (Wildman–Crippen LogP) is 2.90. The van der Waals surface area contributed by atoms with Crippen LogP contribution in [0.25, 0.3) is 0 Å². The van der Waals surface area contributed by atoms with Gasteiger partial charge in [-0.1, -0.05) is 39.8 Å². The smallest absolute Gasteiger partial charge is 0.0463 e. The maximum absolute atomic E-state index is 4.23. The predicted molar refractivity (Wildman–Crippen MR) is 102 cm³/mol. The number of aromatic nitrogens is 2. The van der Waals surface area contributed by atoms with Crippen molar-refractivity contribution in [3.8, 4) is 0 Å². The van der Waals surface area contributed by atoms with Crippen LogP contribution in [0, 0.1) is 0 Å². The summed E-state index contributed by atoms with van der Waals surface area (Å²) in [5.74, 6) is 0. The molecule has 0 aromatic carbocycles. The van der Waals surface area contributed by atoms with Gasteiger partial charge in [0.2, 0.25) is 0 Å². The summed E-state index contributed by atoms with van der Waals surface area (Å²) in [6, 6.07) is 11.8. The molecular formula is C15H22I3N2-. The summed E-state index contributed by atoms with van der Waals surface area (Å²) in [5.41, 5.74) is 2.11. The fourth-order valence-corrected chi connectivity index (χ4v) is 1.19. The van der Waals surface area contributed by atoms with Crippen LogP contribution in [0.1, 0.15) is 39.1 Å². The molecule has 2 heterocycles. The van der Waals surface area contributed by atoms with E-state index in [1.807, 2.05) is 64.1 Å². The van der Waals surface area contributed by atoms with Gasteiger partial charge in [0.25, 0.3) is 0 Å². The van der Waals surface area contributed by atoms with E-state index < -0.39 is 0 Å². The van der Waals surface area contributed by atoms with E-state index >= 15 is 0 Å². The van der Waals surface area contributed by atoms with E-state index in [1.54, 1.807) is 12.4 Å². The van der Waals surface area contributed by atoms with Crippen LogP contribution in [0.5, 0.6) is 0 Å². The van der Waals surface area contributed by atoms with Gasteiger partial charge in [0.15, 0.2) is 0 Å². The molecule has 0 spiro atoms. The molecular weight excluding hydrogens is 589 g/mol. The summed E-state index contributed by atoms with van der Waals surface area (Å²) in [4.78, 5) is 8.47. The fourth-order valence-electron chi connectivity index (χ4n) is 1.19. The SMILES string of the molecule is CC.CC.I[I-]I.c1ccc(Cc2ccccn2)nc1. The molecule has 2 rings (SSSR count). The van der Waals surface area contributed by atoms with Gasteiger partial charge in [-0.05, 0) is 24.3 Å². The number of nitrogens with zero attached hydrogens (tertiary/aromatic N) is 2. The first-order valence-electron chi connectivity index (χ1n) is 6.53. The number of halogens is 3. The minimum atomic E-state index is 0.530. The van der Waals surface area contributed by atoms with Crippen LogP contribution in [-0.2, 0) is 6.42 Å². The Hall–Kier alpha value is 0.490. The van der Waals surface area contributed by atoms with E-state index in [9.17, 15) is 0 Å². The Kier molecular flexibility index (Phi) is 22.2. The zero-order chi connectivity index (χ0) is 15.6. The van der Waals surface area contributed by atoms with Crippen molar-refractivity contribution < 1.29 is 13.3 Å². The van der Waals surface area contributed by atoms with Crippen molar-refractivity contribution in [2.75, 3.05) is 0 Å². The van der Waals surface area contributed by atoms with Gasteiger partial charge < -0.3 is 0 Å². The number of hydrogen-bond acceptors (Lipinski definition) is 2. The van der Waals surface area contributed by atoms with Crippen LogP contribution < -0.4 is 13.3 Å². The first-order chi connectivity index (χ1) is 9.86. The van der Waals surface area contributed by atoms with Gasteiger partial charge in [0.1, 0.15) is 0 Å². The van der Waals surface area contributed by atoms with Gasteiger partial charge in [0.05, 0.1) is 0 Å². The van der Waals surface area contributed by atoms with Crippen LogP contribution in [0.3, 0.4) is 0 Å². The molecule has 0 saturated carbocycles. The van der Waals surface area contributed by atoms with Crippen LogP contribution >= 0.6 is 37.2 Å². The molecule has 0 atom stereocenters. The Balaban J connectivity index is 0. The van der Waals surface area contributed by atoms with E-state index in [0.717, 1.165) is 17.8 Å². The molecule has 0 aliphatic heterocycles. The molecule has 0 radical (unpaired) electrons. The van der Waals surface area contributed by atoms with Crippen molar-refractivity contribution in [1.29, 1.82) is 0 Å². The Bertz CT molecular complexity index is 345. The molecule has 0 N–H and O–H groups in total. The second kappa shape index (κ2) is 19.5. The largest absolute Gasteiger partial charge is 0.261 e. The summed E-state index contributed by atoms with van der Waals surface area (Å²) >= 11 is 5.30. The second-order valence-electron chi connectivity index (χ2n) is 2.87. The molecule has 0 aliphatic rings. The maximum Gasteiger partial charge on any atom is 0.0463 e. The molecule has 5 heteroatoms. The van der Waals surface area contributed by atoms with Crippen molar-refractivity contribution in [1.82, 2.24) is 9.97 Å². The van der Waals surface area contributed by atoms with Gasteiger partial charge >= 0.3 is 50.5 Å². The maximum atomic E-state index is 4.23. The summed E-state index contributed by atoms with van der Waals surface area (Å²) in [7, 11) is 0. The Morgan fingerprint density at radius 1 is 0.800 bits per heavy atom. The number of rotatable bonds is 2. The van der Waals surface area contributed by atoms with Crippen LogP contribution in [0.2, 0.25) is 0 Å². The van der Waals surface area contributed by atoms with Crippen LogP contribution in [0.4, 0.5) is 0 Å². The monoisotopic (exact) mass is 611 g/mol. The third-order valence-electron chi connectivity index (χ3n) is 1.81. The van der Waals surface area contributed by atoms with E-state index in [-0.39, 0.29) is 0 Å². The summed E-state index contributed by atoms with van der Waals surface area (Å²) < 4.78 is 0. The minimum absolute atomic E-state index is 0.530. The Labute approximate surface area is 153 Å². The first kappa shape index (κ1) is 22.8. The molecule has 0 amide bonds. The van der Waals surface area contributed by atoms with E-state index in [1.165, 1.54) is 0 Å². The Morgan fingerprint density at radius 3 is 1.40 bits per heavy atom. The molecule has 20 heavy (non-hydrogen) atoms. The minimum Gasteiger partial charge on any atom is -0.261 e. The van der Waals surface area contributed by atoms with Crippen molar-refractivity contribution in [3.05, 3.63) is 60.2 Å². The topological polar surface area (TPSA) is 25.8 Å².